The SMILES string of the molecule is CC1C(NCn2ccc3cc(C(C=N)C=N)ccc32)CCN1C(=O)OCc1ccccc1. The molecule has 2 aromatic carbocycles. The highest BCUT2D eigenvalue weighted by molar-refractivity contribution is 5.90. The molecule has 3 N–H and O–H groups in total. The van der Waals surface area contributed by atoms with E-state index in [1.807, 2.05) is 54.7 Å². The van der Waals surface area contributed by atoms with Crippen LogP contribution in [0.15, 0.2) is 60.8 Å². The summed E-state index contributed by atoms with van der Waals surface area (Å²) in [7, 11) is 0. The summed E-state index contributed by atoms with van der Waals surface area (Å²) in [6, 6.07) is 18.1. The quantitative estimate of drug-likeness (QED) is 0.462. The fourth-order valence-corrected chi connectivity index (χ4v) is 4.29. The summed E-state index contributed by atoms with van der Waals surface area (Å²) in [4.78, 5) is 14.4. The number of ether oxygens (including phenoxy) is 1. The van der Waals surface area contributed by atoms with E-state index in [4.69, 9.17) is 15.6 Å². The van der Waals surface area contributed by atoms with Crippen molar-refractivity contribution in [3.8, 4) is 0 Å². The molecule has 1 aliphatic rings. The molecule has 3 aromatic rings. The van der Waals surface area contributed by atoms with Crippen LogP contribution in [-0.2, 0) is 18.0 Å². The largest absolute Gasteiger partial charge is 0.445 e. The number of amides is 1. The minimum absolute atomic E-state index is 0.0487. The number of carbonyl (C=O) groups excluding carboxylic acids is 1. The van der Waals surface area contributed by atoms with Crippen LogP contribution in [0.2, 0.25) is 0 Å². The second kappa shape index (κ2) is 9.78. The summed E-state index contributed by atoms with van der Waals surface area (Å²) < 4.78 is 7.65. The van der Waals surface area contributed by atoms with E-state index in [0.717, 1.165) is 28.5 Å². The molecule has 0 aliphatic carbocycles. The summed E-state index contributed by atoms with van der Waals surface area (Å²) in [5.41, 5.74) is 3.03. The Morgan fingerprint density at radius 2 is 1.97 bits per heavy atom. The van der Waals surface area contributed by atoms with E-state index in [9.17, 15) is 4.79 Å². The lowest BCUT2D eigenvalue weighted by Gasteiger charge is -2.25. The molecule has 7 nitrogen and oxygen atoms in total. The van der Waals surface area contributed by atoms with Crippen LogP contribution < -0.4 is 5.32 Å². The van der Waals surface area contributed by atoms with Crippen LogP contribution in [0.1, 0.15) is 30.4 Å². The van der Waals surface area contributed by atoms with Gasteiger partial charge in [0.2, 0.25) is 0 Å². The first-order chi connectivity index (χ1) is 15.6. The minimum Gasteiger partial charge on any atom is -0.445 e. The Labute approximate surface area is 188 Å². The molecule has 2 unspecified atom stereocenters. The standard InChI is InChI=1S/C25H29N5O2/c1-18-23(10-12-30(18)25(31)32-16-19-5-3-2-4-6-19)28-17-29-11-9-21-13-20(7-8-24(21)29)22(14-26)15-27/h2-9,11,13-15,18,22-23,26-28H,10,12,16-17H2,1H3. The zero-order chi connectivity index (χ0) is 22.5. The molecule has 0 saturated carbocycles. The molecule has 2 heterocycles. The van der Waals surface area contributed by atoms with E-state index in [0.29, 0.717) is 13.2 Å². The van der Waals surface area contributed by atoms with E-state index in [-0.39, 0.29) is 30.7 Å². The van der Waals surface area contributed by atoms with E-state index in [1.165, 1.54) is 12.4 Å². The fraction of sp³-hybridized carbons (Fsp3) is 0.320. The lowest BCUT2D eigenvalue weighted by Crippen LogP contribution is -2.43. The molecule has 4 rings (SSSR count). The summed E-state index contributed by atoms with van der Waals surface area (Å²) in [6.45, 7) is 3.67. The Morgan fingerprint density at radius 3 is 2.72 bits per heavy atom. The van der Waals surface area contributed by atoms with E-state index in [1.54, 1.807) is 4.90 Å². The van der Waals surface area contributed by atoms with Crippen LogP contribution in [0.25, 0.3) is 10.9 Å². The summed E-state index contributed by atoms with van der Waals surface area (Å²) in [5, 5.41) is 19.6. The van der Waals surface area contributed by atoms with Crippen molar-refractivity contribution in [2.24, 2.45) is 0 Å². The molecule has 1 aromatic heterocycles. The van der Waals surface area contributed by atoms with Gasteiger partial charge in [0.05, 0.1) is 12.6 Å². The Bertz CT molecular complexity index is 1090. The van der Waals surface area contributed by atoms with Crippen molar-refractivity contribution in [3.05, 3.63) is 71.9 Å². The topological polar surface area (TPSA) is 94.2 Å². The van der Waals surface area contributed by atoms with Crippen molar-refractivity contribution < 1.29 is 9.53 Å². The minimum atomic E-state index is -0.284. The maximum absolute atomic E-state index is 12.6. The molecule has 1 aliphatic heterocycles. The van der Waals surface area contributed by atoms with Crippen molar-refractivity contribution in [2.45, 2.75) is 44.6 Å². The van der Waals surface area contributed by atoms with Crippen LogP contribution in [-0.4, -0.2) is 46.6 Å². The van der Waals surface area contributed by atoms with Gasteiger partial charge in [0.15, 0.2) is 0 Å². The van der Waals surface area contributed by atoms with Crippen LogP contribution in [0.3, 0.4) is 0 Å². The number of fused-ring (bicyclic) bond motifs is 1. The summed E-state index contributed by atoms with van der Waals surface area (Å²) >= 11 is 0. The van der Waals surface area contributed by atoms with Crippen molar-refractivity contribution in [1.82, 2.24) is 14.8 Å². The van der Waals surface area contributed by atoms with Gasteiger partial charge in [-0.3, -0.25) is 5.32 Å². The number of likely N-dealkylation sites (tertiary alicyclic amines) is 1. The molecular formula is C25H29N5O2. The maximum Gasteiger partial charge on any atom is 0.410 e. The molecule has 32 heavy (non-hydrogen) atoms. The number of benzene rings is 2. The lowest BCUT2D eigenvalue weighted by molar-refractivity contribution is 0.0922. The van der Waals surface area contributed by atoms with Crippen LogP contribution in [0.4, 0.5) is 4.79 Å². The van der Waals surface area contributed by atoms with E-state index in [2.05, 4.69) is 22.9 Å². The Kier molecular flexibility index (Phi) is 6.66. The van der Waals surface area contributed by atoms with Gasteiger partial charge in [-0.05, 0) is 48.1 Å². The average Bonchev–Trinajstić information content (AvgIpc) is 3.40. The molecule has 7 heteroatoms. The van der Waals surface area contributed by atoms with E-state index >= 15 is 0 Å². The van der Waals surface area contributed by atoms with Gasteiger partial charge in [0.25, 0.3) is 0 Å². The van der Waals surface area contributed by atoms with Gasteiger partial charge in [0, 0.05) is 42.8 Å². The summed E-state index contributed by atoms with van der Waals surface area (Å²) in [5.74, 6) is -0.284. The third-order valence-electron chi connectivity index (χ3n) is 6.26. The first kappa shape index (κ1) is 21.8. The maximum atomic E-state index is 12.6. The second-order valence-corrected chi connectivity index (χ2v) is 8.19. The Hall–Kier alpha value is -3.45. The Balaban J connectivity index is 1.34. The zero-order valence-electron chi connectivity index (χ0n) is 18.2. The molecule has 166 valence electrons. The number of carbonyl (C=O) groups is 1. The van der Waals surface area contributed by atoms with Gasteiger partial charge in [-0.1, -0.05) is 36.4 Å². The highest BCUT2D eigenvalue weighted by Gasteiger charge is 2.34. The molecule has 0 radical (unpaired) electrons. The molecule has 2 atom stereocenters. The molecule has 1 saturated heterocycles. The molecule has 1 fully saturated rings. The highest BCUT2D eigenvalue weighted by Crippen LogP contribution is 2.23. The molecular weight excluding hydrogens is 402 g/mol. The van der Waals surface area contributed by atoms with Crippen LogP contribution in [0.5, 0.6) is 0 Å². The van der Waals surface area contributed by atoms with Crippen molar-refractivity contribution >= 4 is 29.4 Å². The predicted octanol–water partition coefficient (Wildman–Crippen LogP) is 4.37. The van der Waals surface area contributed by atoms with Gasteiger partial charge in [0.1, 0.15) is 6.61 Å². The lowest BCUT2D eigenvalue weighted by atomic mass is 10.0. The molecule has 1 amide bonds. The summed E-state index contributed by atoms with van der Waals surface area (Å²) in [6.07, 6.45) is 5.22. The van der Waals surface area contributed by atoms with Gasteiger partial charge >= 0.3 is 6.09 Å². The third kappa shape index (κ3) is 4.57. The van der Waals surface area contributed by atoms with Gasteiger partial charge in [-0.2, -0.15) is 0 Å². The number of hydrogen-bond acceptors (Lipinski definition) is 5. The van der Waals surface area contributed by atoms with Crippen molar-refractivity contribution in [1.29, 1.82) is 10.8 Å². The first-order valence-electron chi connectivity index (χ1n) is 10.9. The number of hydrogen-bond donors (Lipinski definition) is 3. The second-order valence-electron chi connectivity index (χ2n) is 8.19. The van der Waals surface area contributed by atoms with Crippen molar-refractivity contribution in [3.63, 3.8) is 0 Å². The normalized spacial score (nSPS) is 19.1. The number of rotatable bonds is 8. The number of nitrogens with zero attached hydrogens (tertiary/aromatic N) is 2. The highest BCUT2D eigenvalue weighted by atomic mass is 16.6. The fourth-order valence-electron chi connectivity index (χ4n) is 4.29. The van der Waals surface area contributed by atoms with Gasteiger partial charge in [-0.25, -0.2) is 4.79 Å². The smallest absolute Gasteiger partial charge is 0.410 e. The Morgan fingerprint density at radius 1 is 1.19 bits per heavy atom. The van der Waals surface area contributed by atoms with E-state index < -0.39 is 0 Å². The predicted molar refractivity (Wildman–Crippen MR) is 127 cm³/mol. The van der Waals surface area contributed by atoms with Crippen LogP contribution >= 0.6 is 0 Å². The van der Waals surface area contributed by atoms with Gasteiger partial charge in [-0.15, -0.1) is 0 Å². The van der Waals surface area contributed by atoms with Crippen molar-refractivity contribution in [2.75, 3.05) is 6.54 Å². The number of nitrogens with one attached hydrogen (secondary N) is 3. The molecule has 0 bridgehead atoms. The average molecular weight is 432 g/mol. The first-order valence-corrected chi connectivity index (χ1v) is 10.9. The zero-order valence-corrected chi connectivity index (χ0v) is 18.2. The number of aromatic nitrogens is 1. The monoisotopic (exact) mass is 431 g/mol. The van der Waals surface area contributed by atoms with Crippen LogP contribution in [0, 0.1) is 10.8 Å². The third-order valence-corrected chi connectivity index (χ3v) is 6.26. The van der Waals surface area contributed by atoms with Gasteiger partial charge < -0.3 is 25.0 Å². The molecule has 0 spiro atoms.